The van der Waals surface area contributed by atoms with Crippen LogP contribution in [-0.4, -0.2) is 39.3 Å². The maximum Gasteiger partial charge on any atom is 0.276 e. The molecule has 3 aromatic rings. The van der Waals surface area contributed by atoms with Crippen molar-refractivity contribution in [1.82, 2.24) is 14.9 Å². The van der Waals surface area contributed by atoms with Crippen LogP contribution in [0.1, 0.15) is 45.3 Å². The molecule has 2 aromatic heterocycles. The van der Waals surface area contributed by atoms with E-state index < -0.39 is 0 Å². The van der Waals surface area contributed by atoms with Gasteiger partial charge in [0.2, 0.25) is 0 Å². The topological polar surface area (TPSA) is 84.4 Å². The minimum absolute atomic E-state index is 0.0239. The number of carbonyl (C=O) groups is 2. The van der Waals surface area contributed by atoms with Gasteiger partial charge in [0.05, 0.1) is 18.3 Å². The van der Waals surface area contributed by atoms with Crippen LogP contribution >= 0.6 is 11.3 Å². The van der Waals surface area contributed by atoms with Gasteiger partial charge in [0.15, 0.2) is 5.13 Å². The molecule has 0 bridgehead atoms. The minimum atomic E-state index is -0.293. The lowest BCUT2D eigenvalue weighted by atomic mass is 10.1. The number of thiazole rings is 1. The van der Waals surface area contributed by atoms with Crippen LogP contribution in [0.3, 0.4) is 0 Å². The average Bonchev–Trinajstić information content (AvgIpc) is 3.15. The fourth-order valence-electron chi connectivity index (χ4n) is 3.21. The zero-order chi connectivity index (χ0) is 21.1. The van der Waals surface area contributed by atoms with Gasteiger partial charge >= 0.3 is 0 Å². The molecule has 0 radical (unpaired) electrons. The highest BCUT2D eigenvalue weighted by Gasteiger charge is 2.25. The third kappa shape index (κ3) is 4.49. The molecular formula is C22H22N4O3S. The number of benzene rings is 1. The van der Waals surface area contributed by atoms with Crippen molar-refractivity contribution >= 4 is 28.3 Å². The van der Waals surface area contributed by atoms with E-state index in [4.69, 9.17) is 4.74 Å². The van der Waals surface area contributed by atoms with E-state index in [1.165, 1.54) is 11.3 Å². The second kappa shape index (κ2) is 8.62. The van der Waals surface area contributed by atoms with Gasteiger partial charge in [0.25, 0.3) is 11.8 Å². The Morgan fingerprint density at radius 2 is 1.97 bits per heavy atom. The molecule has 2 amide bonds. The first-order valence-corrected chi connectivity index (χ1v) is 10.6. The molecule has 1 aromatic carbocycles. The molecule has 1 aliphatic heterocycles. The molecule has 0 aliphatic carbocycles. The fraction of sp³-hybridized carbons (Fsp3) is 0.273. The first-order chi connectivity index (χ1) is 14.5. The van der Waals surface area contributed by atoms with Gasteiger partial charge in [0.1, 0.15) is 11.4 Å². The minimum Gasteiger partial charge on any atom is -0.491 e. The number of anilines is 1. The van der Waals surface area contributed by atoms with Crippen LogP contribution in [0.2, 0.25) is 0 Å². The van der Waals surface area contributed by atoms with Crippen molar-refractivity contribution in [2.45, 2.75) is 32.9 Å². The van der Waals surface area contributed by atoms with Gasteiger partial charge in [-0.2, -0.15) is 0 Å². The standard InChI is InChI=1S/C22H22N4O3S/c1-14(2)29-16-8-6-15(7-9-16)21(28)26-12-10-17-19(13-26)30-22(24-17)25-20(27)18-5-3-4-11-23-18/h3-9,11,14H,10,12-13H2,1-2H3,(H,24,25,27). The number of rotatable bonds is 5. The summed E-state index contributed by atoms with van der Waals surface area (Å²) in [6, 6.07) is 12.4. The van der Waals surface area contributed by atoms with Gasteiger partial charge in [-0.25, -0.2) is 4.98 Å². The molecule has 0 fully saturated rings. The van der Waals surface area contributed by atoms with E-state index >= 15 is 0 Å². The smallest absolute Gasteiger partial charge is 0.276 e. The summed E-state index contributed by atoms with van der Waals surface area (Å²) in [7, 11) is 0. The summed E-state index contributed by atoms with van der Waals surface area (Å²) in [5.41, 5.74) is 1.90. The molecule has 30 heavy (non-hydrogen) atoms. The zero-order valence-corrected chi connectivity index (χ0v) is 17.6. The second-order valence-corrected chi connectivity index (χ2v) is 8.31. The van der Waals surface area contributed by atoms with E-state index in [0.29, 0.717) is 35.9 Å². The summed E-state index contributed by atoms with van der Waals surface area (Å²) >= 11 is 1.40. The van der Waals surface area contributed by atoms with Crippen molar-refractivity contribution in [3.05, 3.63) is 70.5 Å². The van der Waals surface area contributed by atoms with E-state index in [-0.39, 0.29) is 17.9 Å². The third-order valence-electron chi connectivity index (χ3n) is 4.61. The summed E-state index contributed by atoms with van der Waals surface area (Å²) in [6.07, 6.45) is 2.32. The fourth-order valence-corrected chi connectivity index (χ4v) is 4.23. The molecule has 8 heteroatoms. The molecule has 3 heterocycles. The molecule has 0 saturated heterocycles. The third-order valence-corrected chi connectivity index (χ3v) is 5.61. The number of fused-ring (bicyclic) bond motifs is 1. The number of carbonyl (C=O) groups excluding carboxylic acids is 2. The predicted molar refractivity (Wildman–Crippen MR) is 115 cm³/mol. The number of nitrogens with zero attached hydrogens (tertiary/aromatic N) is 3. The molecule has 0 spiro atoms. The van der Waals surface area contributed by atoms with E-state index in [2.05, 4.69) is 15.3 Å². The van der Waals surface area contributed by atoms with Crippen molar-refractivity contribution < 1.29 is 14.3 Å². The van der Waals surface area contributed by atoms with Crippen LogP contribution in [0.4, 0.5) is 5.13 Å². The molecule has 1 aliphatic rings. The van der Waals surface area contributed by atoms with E-state index in [0.717, 1.165) is 16.3 Å². The summed E-state index contributed by atoms with van der Waals surface area (Å²) in [4.78, 5) is 36.6. The molecule has 7 nitrogen and oxygen atoms in total. The number of pyridine rings is 1. The quantitative estimate of drug-likeness (QED) is 0.677. The molecule has 0 unspecified atom stereocenters. The van der Waals surface area contributed by atoms with Gasteiger partial charge < -0.3 is 9.64 Å². The van der Waals surface area contributed by atoms with Crippen LogP contribution in [0, 0.1) is 0 Å². The Balaban J connectivity index is 1.42. The van der Waals surface area contributed by atoms with Crippen molar-refractivity contribution in [3.8, 4) is 5.75 Å². The summed E-state index contributed by atoms with van der Waals surface area (Å²) in [5.74, 6) is 0.431. The highest BCUT2D eigenvalue weighted by atomic mass is 32.1. The molecule has 4 rings (SSSR count). The molecule has 0 atom stereocenters. The Morgan fingerprint density at radius 1 is 1.17 bits per heavy atom. The van der Waals surface area contributed by atoms with Crippen molar-refractivity contribution in [2.75, 3.05) is 11.9 Å². The zero-order valence-electron chi connectivity index (χ0n) is 16.8. The number of aromatic nitrogens is 2. The lowest BCUT2D eigenvalue weighted by Crippen LogP contribution is -2.35. The number of amides is 2. The van der Waals surface area contributed by atoms with Crippen LogP contribution in [0.15, 0.2) is 48.7 Å². The number of hydrogen-bond donors (Lipinski definition) is 1. The Hall–Kier alpha value is -3.26. The maximum atomic E-state index is 12.9. The van der Waals surface area contributed by atoms with Crippen LogP contribution in [0.25, 0.3) is 0 Å². The highest BCUT2D eigenvalue weighted by Crippen LogP contribution is 2.29. The largest absolute Gasteiger partial charge is 0.491 e. The first-order valence-electron chi connectivity index (χ1n) is 9.76. The predicted octanol–water partition coefficient (Wildman–Crippen LogP) is 3.78. The Kier molecular flexibility index (Phi) is 5.76. The number of ether oxygens (including phenoxy) is 1. The van der Waals surface area contributed by atoms with Crippen molar-refractivity contribution in [2.24, 2.45) is 0 Å². The molecular weight excluding hydrogens is 400 g/mol. The van der Waals surface area contributed by atoms with Gasteiger partial charge in [-0.3, -0.25) is 19.9 Å². The van der Waals surface area contributed by atoms with Crippen molar-refractivity contribution in [1.29, 1.82) is 0 Å². The Labute approximate surface area is 178 Å². The van der Waals surface area contributed by atoms with Gasteiger partial charge in [0, 0.05) is 29.6 Å². The summed E-state index contributed by atoms with van der Waals surface area (Å²) < 4.78 is 5.64. The van der Waals surface area contributed by atoms with E-state index in [1.807, 2.05) is 30.9 Å². The number of nitrogens with one attached hydrogen (secondary N) is 1. The monoisotopic (exact) mass is 422 g/mol. The lowest BCUT2D eigenvalue weighted by molar-refractivity contribution is 0.0736. The SMILES string of the molecule is CC(C)Oc1ccc(C(=O)N2CCc3nc(NC(=O)c4ccccn4)sc3C2)cc1. The lowest BCUT2D eigenvalue weighted by Gasteiger charge is -2.26. The van der Waals surface area contributed by atoms with Crippen LogP contribution in [0.5, 0.6) is 5.75 Å². The molecule has 0 saturated carbocycles. The first kappa shape index (κ1) is 20.0. The molecule has 1 N–H and O–H groups in total. The van der Waals surface area contributed by atoms with Gasteiger partial charge in [-0.05, 0) is 50.2 Å². The van der Waals surface area contributed by atoms with E-state index in [1.54, 1.807) is 36.5 Å². The normalized spacial score (nSPS) is 13.1. The average molecular weight is 423 g/mol. The molecule has 154 valence electrons. The number of hydrogen-bond acceptors (Lipinski definition) is 6. The van der Waals surface area contributed by atoms with Crippen LogP contribution in [-0.2, 0) is 13.0 Å². The highest BCUT2D eigenvalue weighted by molar-refractivity contribution is 7.15. The summed E-state index contributed by atoms with van der Waals surface area (Å²) in [5, 5.41) is 3.33. The maximum absolute atomic E-state index is 12.9. The Morgan fingerprint density at radius 3 is 2.67 bits per heavy atom. The van der Waals surface area contributed by atoms with Crippen LogP contribution < -0.4 is 10.1 Å². The Bertz CT molecular complexity index is 1050. The second-order valence-electron chi connectivity index (χ2n) is 7.23. The van der Waals surface area contributed by atoms with E-state index in [9.17, 15) is 9.59 Å². The van der Waals surface area contributed by atoms with Gasteiger partial charge in [-0.1, -0.05) is 17.4 Å². The van der Waals surface area contributed by atoms with Gasteiger partial charge in [-0.15, -0.1) is 0 Å². The summed E-state index contributed by atoms with van der Waals surface area (Å²) in [6.45, 7) is 5.00. The van der Waals surface area contributed by atoms with Crippen molar-refractivity contribution in [3.63, 3.8) is 0 Å².